The van der Waals surface area contributed by atoms with Gasteiger partial charge < -0.3 is 40.1 Å². The van der Waals surface area contributed by atoms with E-state index in [4.69, 9.17) is 9.47 Å². The Balaban J connectivity index is 1.88. The predicted octanol–water partition coefficient (Wildman–Crippen LogP) is 0.792. The third-order valence-electron chi connectivity index (χ3n) is 4.86. The number of aliphatic hydroxyl groups excluding tert-OH is 4. The van der Waals surface area contributed by atoms with Crippen molar-refractivity contribution in [2.24, 2.45) is 0 Å². The summed E-state index contributed by atoms with van der Waals surface area (Å²) < 4.78 is 10.6. The molecule has 0 spiro atoms. The van der Waals surface area contributed by atoms with Crippen LogP contribution in [0.1, 0.15) is 22.8 Å². The molecule has 0 unspecified atom stereocenters. The number of methoxy groups -OCH3 is 1. The van der Waals surface area contributed by atoms with Crippen molar-refractivity contribution in [3.8, 4) is 17.2 Å². The van der Waals surface area contributed by atoms with Crippen LogP contribution in [0.15, 0.2) is 36.4 Å². The first kappa shape index (κ1) is 21.1. The molecule has 0 saturated carbocycles. The van der Waals surface area contributed by atoms with E-state index >= 15 is 0 Å². The zero-order valence-electron chi connectivity index (χ0n) is 15.7. The molecule has 0 amide bonds. The van der Waals surface area contributed by atoms with Crippen LogP contribution in [0.3, 0.4) is 0 Å². The maximum absolute atomic E-state index is 10.3. The quantitative estimate of drug-likeness (QED) is 0.402. The molecule has 1 aliphatic rings. The number of phenolic OH excluding ortho intramolecular Hbond substituents is 2. The molecule has 2 aromatic carbocycles. The molecule has 6 N–H and O–H groups in total. The molecule has 1 heterocycles. The second kappa shape index (κ2) is 8.81. The second-order valence-corrected chi connectivity index (χ2v) is 6.87. The average molecular weight is 404 g/mol. The molecule has 0 radical (unpaired) electrons. The highest BCUT2D eigenvalue weighted by molar-refractivity contribution is 5.71. The van der Waals surface area contributed by atoms with E-state index in [0.29, 0.717) is 16.9 Å². The van der Waals surface area contributed by atoms with Crippen molar-refractivity contribution in [1.82, 2.24) is 0 Å². The number of aliphatic hydroxyl groups is 4. The third-order valence-corrected chi connectivity index (χ3v) is 4.86. The first-order chi connectivity index (χ1) is 13.8. The van der Waals surface area contributed by atoms with Crippen LogP contribution in [0.2, 0.25) is 0 Å². The van der Waals surface area contributed by atoms with Crippen LogP contribution in [-0.4, -0.2) is 68.8 Å². The van der Waals surface area contributed by atoms with E-state index in [9.17, 15) is 30.6 Å². The average Bonchev–Trinajstić information content (AvgIpc) is 2.71. The Hall–Kier alpha value is -2.62. The monoisotopic (exact) mass is 404 g/mol. The van der Waals surface area contributed by atoms with Crippen LogP contribution < -0.4 is 4.74 Å². The van der Waals surface area contributed by atoms with Gasteiger partial charge in [0, 0.05) is 0 Å². The van der Waals surface area contributed by atoms with Crippen LogP contribution >= 0.6 is 0 Å². The molecule has 29 heavy (non-hydrogen) atoms. The van der Waals surface area contributed by atoms with E-state index in [1.807, 2.05) is 0 Å². The predicted molar refractivity (Wildman–Crippen MR) is 104 cm³/mol. The lowest BCUT2D eigenvalue weighted by molar-refractivity contribution is -0.231. The smallest absolute Gasteiger partial charge is 0.161 e. The minimum absolute atomic E-state index is 0.0203. The van der Waals surface area contributed by atoms with Gasteiger partial charge in [-0.1, -0.05) is 18.2 Å². The molecule has 0 aliphatic carbocycles. The molecular weight excluding hydrogens is 380 g/mol. The fraction of sp³-hybridized carbons (Fsp3) is 0.333. The summed E-state index contributed by atoms with van der Waals surface area (Å²) in [6.07, 6.45) is -3.02. The highest BCUT2D eigenvalue weighted by Gasteiger charge is 2.44. The van der Waals surface area contributed by atoms with E-state index in [1.165, 1.54) is 25.3 Å². The Morgan fingerprint density at radius 3 is 2.34 bits per heavy atom. The Morgan fingerprint density at radius 2 is 1.66 bits per heavy atom. The topological polar surface area (TPSA) is 140 Å². The molecule has 8 heteroatoms. The van der Waals surface area contributed by atoms with Gasteiger partial charge in [0.25, 0.3) is 0 Å². The van der Waals surface area contributed by atoms with Crippen LogP contribution in [-0.2, 0) is 4.74 Å². The van der Waals surface area contributed by atoms with Crippen molar-refractivity contribution >= 4 is 12.2 Å². The molecule has 3 rings (SSSR count). The molecule has 1 saturated heterocycles. The van der Waals surface area contributed by atoms with Crippen molar-refractivity contribution in [2.75, 3.05) is 13.7 Å². The summed E-state index contributed by atoms with van der Waals surface area (Å²) in [5.41, 5.74) is 1.71. The summed E-state index contributed by atoms with van der Waals surface area (Å²) in [7, 11) is 1.45. The lowest BCUT2D eigenvalue weighted by Crippen LogP contribution is -2.55. The Morgan fingerprint density at radius 1 is 0.931 bits per heavy atom. The Kier molecular flexibility index (Phi) is 6.41. The number of hydrogen-bond acceptors (Lipinski definition) is 8. The van der Waals surface area contributed by atoms with E-state index in [0.717, 1.165) is 5.56 Å². The summed E-state index contributed by atoms with van der Waals surface area (Å²) in [5.74, 6) is 0.263. The standard InChI is InChI=1S/C21H24O8/c1-28-16-8-11(4-5-15(16)24)2-3-12-6-13(9-14(23)7-12)21-20(27)19(26)18(25)17(10-22)29-21/h2-9,17-27H,10H2,1H3/b3-2-/t17-,18+,19+,20+,21+/m0/s1. The van der Waals surface area contributed by atoms with E-state index in [1.54, 1.807) is 30.4 Å². The third kappa shape index (κ3) is 4.52. The van der Waals surface area contributed by atoms with Crippen LogP contribution in [0.5, 0.6) is 17.2 Å². The zero-order valence-corrected chi connectivity index (χ0v) is 15.7. The van der Waals surface area contributed by atoms with Gasteiger partial charge in [-0.2, -0.15) is 0 Å². The molecule has 2 aromatic rings. The van der Waals surface area contributed by atoms with Gasteiger partial charge in [-0.15, -0.1) is 0 Å². The fourth-order valence-electron chi connectivity index (χ4n) is 3.29. The van der Waals surface area contributed by atoms with Gasteiger partial charge in [-0.05, 0) is 47.0 Å². The van der Waals surface area contributed by atoms with Crippen LogP contribution in [0.25, 0.3) is 12.2 Å². The van der Waals surface area contributed by atoms with Gasteiger partial charge >= 0.3 is 0 Å². The highest BCUT2D eigenvalue weighted by Crippen LogP contribution is 2.35. The van der Waals surface area contributed by atoms with Crippen LogP contribution in [0, 0.1) is 0 Å². The number of benzene rings is 2. The highest BCUT2D eigenvalue weighted by atomic mass is 16.5. The summed E-state index contributed by atoms with van der Waals surface area (Å²) in [6, 6.07) is 9.37. The maximum atomic E-state index is 10.3. The van der Waals surface area contributed by atoms with Crippen molar-refractivity contribution in [3.63, 3.8) is 0 Å². The minimum Gasteiger partial charge on any atom is -0.508 e. The number of phenols is 2. The van der Waals surface area contributed by atoms with E-state index < -0.39 is 37.1 Å². The van der Waals surface area contributed by atoms with Gasteiger partial charge in [-0.25, -0.2) is 0 Å². The molecule has 1 fully saturated rings. The van der Waals surface area contributed by atoms with Gasteiger partial charge in [0.05, 0.1) is 13.7 Å². The molecule has 8 nitrogen and oxygen atoms in total. The second-order valence-electron chi connectivity index (χ2n) is 6.87. The van der Waals surface area contributed by atoms with Gasteiger partial charge in [0.2, 0.25) is 0 Å². The lowest BCUT2D eigenvalue weighted by atomic mass is 9.90. The fourth-order valence-corrected chi connectivity index (χ4v) is 3.29. The summed E-state index contributed by atoms with van der Waals surface area (Å²) >= 11 is 0. The first-order valence-electron chi connectivity index (χ1n) is 9.03. The van der Waals surface area contributed by atoms with Gasteiger partial charge in [0.15, 0.2) is 11.5 Å². The van der Waals surface area contributed by atoms with Gasteiger partial charge in [-0.3, -0.25) is 0 Å². The molecule has 5 atom stereocenters. The minimum atomic E-state index is -1.50. The number of aromatic hydroxyl groups is 2. The van der Waals surface area contributed by atoms with Gasteiger partial charge in [0.1, 0.15) is 36.3 Å². The maximum Gasteiger partial charge on any atom is 0.161 e. The summed E-state index contributed by atoms with van der Waals surface area (Å²) in [6.45, 7) is -0.532. The van der Waals surface area contributed by atoms with E-state index in [2.05, 4.69) is 0 Å². The number of ether oxygens (including phenoxy) is 2. The first-order valence-corrected chi connectivity index (χ1v) is 9.03. The summed E-state index contributed by atoms with van der Waals surface area (Å²) in [4.78, 5) is 0. The van der Waals surface area contributed by atoms with Crippen LogP contribution in [0.4, 0.5) is 0 Å². The molecule has 1 aliphatic heterocycles. The summed E-state index contributed by atoms with van der Waals surface area (Å²) in [5, 5.41) is 59.3. The van der Waals surface area contributed by atoms with Crippen molar-refractivity contribution in [2.45, 2.75) is 30.5 Å². The van der Waals surface area contributed by atoms with Crippen molar-refractivity contribution in [3.05, 3.63) is 53.1 Å². The molecule has 156 valence electrons. The lowest BCUT2D eigenvalue weighted by Gasteiger charge is -2.40. The largest absolute Gasteiger partial charge is 0.508 e. The molecular formula is C21H24O8. The van der Waals surface area contributed by atoms with E-state index in [-0.39, 0.29) is 11.5 Å². The Labute approximate surface area is 167 Å². The number of rotatable bonds is 5. The normalized spacial score (nSPS) is 27.3. The molecule has 0 aromatic heterocycles. The molecule has 0 bridgehead atoms. The van der Waals surface area contributed by atoms with Crippen molar-refractivity contribution in [1.29, 1.82) is 0 Å². The zero-order chi connectivity index (χ0) is 21.1. The SMILES string of the molecule is COc1cc(/C=C\c2cc(O)cc([C@H]3O[C@@H](CO)[C@@H](O)[C@@H](O)[C@H]3O)c2)ccc1O. The number of hydrogen-bond donors (Lipinski definition) is 6. The van der Waals surface area contributed by atoms with Crippen molar-refractivity contribution < 1.29 is 40.1 Å². The Bertz CT molecular complexity index is 879.